The lowest BCUT2D eigenvalue weighted by Crippen LogP contribution is -2.45. The van der Waals surface area contributed by atoms with Crippen LogP contribution in [0.3, 0.4) is 0 Å². The lowest BCUT2D eigenvalue weighted by molar-refractivity contribution is -0.0302. The van der Waals surface area contributed by atoms with Gasteiger partial charge in [0, 0.05) is 13.3 Å². The van der Waals surface area contributed by atoms with Crippen molar-refractivity contribution in [1.29, 1.82) is 0 Å². The molecule has 0 radical (unpaired) electrons. The number of nitrogen functional groups attached to an aromatic ring is 1. The van der Waals surface area contributed by atoms with Crippen molar-refractivity contribution in [1.82, 2.24) is 4.98 Å². The second-order valence-corrected chi connectivity index (χ2v) is 5.62. The minimum atomic E-state index is -0.723. The van der Waals surface area contributed by atoms with Gasteiger partial charge in [0.1, 0.15) is 11.4 Å². The Bertz CT molecular complexity index is 467. The summed E-state index contributed by atoms with van der Waals surface area (Å²) in [6.07, 6.45) is 5.32. The third-order valence-electron chi connectivity index (χ3n) is 4.18. The molecule has 2 N–H and O–H groups in total. The van der Waals surface area contributed by atoms with Gasteiger partial charge in [-0.15, -0.1) is 0 Å². The molecule has 1 aromatic rings. The van der Waals surface area contributed by atoms with E-state index < -0.39 is 5.60 Å². The molecule has 0 spiro atoms. The van der Waals surface area contributed by atoms with Crippen LogP contribution in [0.1, 0.15) is 48.5 Å². The van der Waals surface area contributed by atoms with Gasteiger partial charge in [0.2, 0.25) is 0 Å². The van der Waals surface area contributed by atoms with E-state index in [2.05, 4.69) is 11.9 Å². The maximum absolute atomic E-state index is 12.9. The maximum atomic E-state index is 12.9. The van der Waals surface area contributed by atoms with Gasteiger partial charge >= 0.3 is 0 Å². The highest BCUT2D eigenvalue weighted by Gasteiger charge is 2.43. The van der Waals surface area contributed by atoms with Crippen LogP contribution in [0.25, 0.3) is 0 Å². The van der Waals surface area contributed by atoms with Crippen LogP contribution in [0.5, 0.6) is 0 Å². The fourth-order valence-electron chi connectivity index (χ4n) is 3.09. The Labute approximate surface area is 114 Å². The molecular weight excluding hydrogens is 240 g/mol. The van der Waals surface area contributed by atoms with Crippen LogP contribution >= 0.6 is 0 Å². The van der Waals surface area contributed by atoms with Crippen LogP contribution < -0.4 is 5.73 Å². The topological polar surface area (TPSA) is 65.2 Å². The average Bonchev–Trinajstić information content (AvgIpc) is 2.38. The molecule has 104 valence electrons. The highest BCUT2D eigenvalue weighted by molar-refractivity contribution is 6.06. The summed E-state index contributed by atoms with van der Waals surface area (Å²) in [5, 5.41) is 0. The predicted octanol–water partition coefficient (Wildman–Crippen LogP) is 2.75. The number of hydrogen-bond donors (Lipinski definition) is 1. The van der Waals surface area contributed by atoms with Crippen molar-refractivity contribution in [3.63, 3.8) is 0 Å². The van der Waals surface area contributed by atoms with Crippen LogP contribution in [-0.2, 0) is 4.74 Å². The van der Waals surface area contributed by atoms with Crippen LogP contribution in [0, 0.1) is 12.8 Å². The fourth-order valence-corrected chi connectivity index (χ4v) is 3.09. The van der Waals surface area contributed by atoms with E-state index in [0.717, 1.165) is 31.2 Å². The van der Waals surface area contributed by atoms with Crippen molar-refractivity contribution >= 4 is 11.6 Å². The average molecular weight is 262 g/mol. The quantitative estimate of drug-likeness (QED) is 0.851. The lowest BCUT2D eigenvalue weighted by Gasteiger charge is -2.37. The van der Waals surface area contributed by atoms with Crippen molar-refractivity contribution in [2.45, 2.75) is 45.1 Å². The van der Waals surface area contributed by atoms with E-state index in [1.165, 1.54) is 0 Å². The second-order valence-electron chi connectivity index (χ2n) is 5.62. The minimum absolute atomic E-state index is 0.00958. The normalized spacial score (nSPS) is 27.2. The Morgan fingerprint density at radius 3 is 2.89 bits per heavy atom. The molecule has 1 aliphatic carbocycles. The number of anilines is 1. The summed E-state index contributed by atoms with van der Waals surface area (Å²) in [7, 11) is 1.62. The third-order valence-corrected chi connectivity index (χ3v) is 4.18. The van der Waals surface area contributed by atoms with E-state index in [4.69, 9.17) is 10.5 Å². The van der Waals surface area contributed by atoms with E-state index in [-0.39, 0.29) is 5.78 Å². The number of hydrogen-bond acceptors (Lipinski definition) is 4. The van der Waals surface area contributed by atoms with Gasteiger partial charge in [-0.1, -0.05) is 13.3 Å². The first kappa shape index (κ1) is 14.0. The molecule has 19 heavy (non-hydrogen) atoms. The van der Waals surface area contributed by atoms with E-state index in [1.807, 2.05) is 13.0 Å². The fraction of sp³-hybridized carbons (Fsp3) is 0.600. The van der Waals surface area contributed by atoms with Crippen LogP contribution in [0.4, 0.5) is 5.82 Å². The molecule has 0 amide bonds. The Balaban J connectivity index is 2.41. The molecule has 1 aromatic heterocycles. The zero-order valence-corrected chi connectivity index (χ0v) is 11.9. The van der Waals surface area contributed by atoms with Gasteiger partial charge in [0.25, 0.3) is 0 Å². The van der Waals surface area contributed by atoms with Gasteiger partial charge < -0.3 is 10.5 Å². The molecule has 1 fully saturated rings. The molecule has 1 heterocycles. The highest BCUT2D eigenvalue weighted by Crippen LogP contribution is 2.38. The Hall–Kier alpha value is -1.42. The Morgan fingerprint density at radius 1 is 1.58 bits per heavy atom. The van der Waals surface area contributed by atoms with E-state index in [9.17, 15) is 4.79 Å². The third kappa shape index (κ3) is 2.50. The molecular formula is C15H22N2O2. The molecule has 2 rings (SSSR count). The number of ketones is 1. The molecule has 1 aliphatic rings. The molecule has 1 saturated carbocycles. The first-order chi connectivity index (χ1) is 9.00. The van der Waals surface area contributed by atoms with Crippen molar-refractivity contribution in [2.75, 3.05) is 12.8 Å². The maximum Gasteiger partial charge on any atom is 0.198 e. The molecule has 0 saturated heterocycles. The van der Waals surface area contributed by atoms with Crippen molar-refractivity contribution in [3.05, 3.63) is 23.4 Å². The number of pyridine rings is 1. The Morgan fingerprint density at radius 2 is 2.32 bits per heavy atom. The summed E-state index contributed by atoms with van der Waals surface area (Å²) in [4.78, 5) is 16.9. The summed E-state index contributed by atoms with van der Waals surface area (Å²) in [6.45, 7) is 4.06. The summed E-state index contributed by atoms with van der Waals surface area (Å²) in [5.41, 5.74) is 6.56. The molecule has 4 nitrogen and oxygen atoms in total. The number of methoxy groups -OCH3 is 1. The Kier molecular flexibility index (Phi) is 3.90. The molecule has 0 bridgehead atoms. The van der Waals surface area contributed by atoms with Crippen LogP contribution in [-0.4, -0.2) is 23.5 Å². The zero-order valence-electron chi connectivity index (χ0n) is 11.9. The summed E-state index contributed by atoms with van der Waals surface area (Å²) >= 11 is 0. The highest BCUT2D eigenvalue weighted by atomic mass is 16.5. The number of carbonyl (C=O) groups excluding carboxylic acids is 1. The number of rotatable bonds is 3. The molecule has 4 heteroatoms. The number of aromatic nitrogens is 1. The zero-order chi connectivity index (χ0) is 14.0. The van der Waals surface area contributed by atoms with Gasteiger partial charge in [-0.05, 0) is 43.7 Å². The summed E-state index contributed by atoms with van der Waals surface area (Å²) in [6, 6.07) is 1.82. The van der Waals surface area contributed by atoms with Crippen molar-refractivity contribution in [2.24, 2.45) is 5.92 Å². The number of nitrogens with two attached hydrogens (primary N) is 1. The molecule has 0 aliphatic heterocycles. The van der Waals surface area contributed by atoms with Crippen molar-refractivity contribution in [3.8, 4) is 0 Å². The second kappa shape index (κ2) is 5.29. The van der Waals surface area contributed by atoms with Gasteiger partial charge in [0.15, 0.2) is 5.78 Å². The number of ether oxygens (including phenoxy) is 1. The largest absolute Gasteiger partial charge is 0.383 e. The molecule has 0 aromatic carbocycles. The van der Waals surface area contributed by atoms with E-state index in [0.29, 0.717) is 17.3 Å². The summed E-state index contributed by atoms with van der Waals surface area (Å²) in [5.74, 6) is 0.792. The predicted molar refractivity (Wildman–Crippen MR) is 75.1 cm³/mol. The van der Waals surface area contributed by atoms with E-state index in [1.54, 1.807) is 13.3 Å². The van der Waals surface area contributed by atoms with Gasteiger partial charge in [-0.3, -0.25) is 4.79 Å². The van der Waals surface area contributed by atoms with E-state index >= 15 is 0 Å². The molecule has 2 atom stereocenters. The lowest BCUT2D eigenvalue weighted by atomic mass is 9.74. The number of Topliss-reactive ketones (excluding diaryl/α,β-unsaturated/α-hetero) is 1. The molecule has 2 unspecified atom stereocenters. The SMILES string of the molecule is COC1(C(=O)c2c(C)ccnc2N)CCCC(C)C1. The van der Waals surface area contributed by atoms with Crippen LogP contribution in [0.2, 0.25) is 0 Å². The first-order valence-electron chi connectivity index (χ1n) is 6.81. The monoisotopic (exact) mass is 262 g/mol. The smallest absolute Gasteiger partial charge is 0.198 e. The van der Waals surface area contributed by atoms with Crippen LogP contribution in [0.15, 0.2) is 12.3 Å². The number of aryl methyl sites for hydroxylation is 1. The minimum Gasteiger partial charge on any atom is -0.383 e. The van der Waals surface area contributed by atoms with Gasteiger partial charge in [-0.2, -0.15) is 0 Å². The number of carbonyl (C=O) groups is 1. The summed E-state index contributed by atoms with van der Waals surface area (Å²) < 4.78 is 5.64. The van der Waals surface area contributed by atoms with Crippen molar-refractivity contribution < 1.29 is 9.53 Å². The standard InChI is InChI=1S/C15H22N2O2/c1-10-5-4-7-15(9-10,19-3)13(18)12-11(2)6-8-17-14(12)16/h6,8,10H,4-5,7,9H2,1-3H3,(H2,16,17). The number of nitrogens with zero attached hydrogens (tertiary/aromatic N) is 1. The van der Waals surface area contributed by atoms with Gasteiger partial charge in [-0.25, -0.2) is 4.98 Å². The first-order valence-corrected chi connectivity index (χ1v) is 6.81. The van der Waals surface area contributed by atoms with Gasteiger partial charge in [0.05, 0.1) is 5.56 Å².